The normalized spacial score (nSPS) is 15.5. The highest BCUT2D eigenvalue weighted by atomic mass is 35.5. The van der Waals surface area contributed by atoms with Gasteiger partial charge in [-0.25, -0.2) is 13.4 Å². The Bertz CT molecular complexity index is 1360. The van der Waals surface area contributed by atoms with Crippen LogP contribution >= 0.6 is 23.7 Å². The number of ether oxygens (including phenoxy) is 2. The molecule has 0 aliphatic carbocycles. The van der Waals surface area contributed by atoms with Gasteiger partial charge in [0.15, 0.2) is 5.13 Å². The van der Waals surface area contributed by atoms with Crippen LogP contribution in [0.3, 0.4) is 0 Å². The van der Waals surface area contributed by atoms with Crippen LogP contribution in [0.25, 0.3) is 10.2 Å². The maximum Gasteiger partial charge on any atom is 0.260 e. The minimum Gasteiger partial charge on any atom is -0.494 e. The minimum atomic E-state index is -3.70. The highest BCUT2D eigenvalue weighted by molar-refractivity contribution is 7.89. The SMILES string of the molecule is CCOc1ccc2nc(N(CCN(CC)CC)C(=O)c3ccc(S(=O)(=O)N(C)CC4CCCO4)cc3)sc2c1.Cl. The average Bonchev–Trinajstić information content (AvgIpc) is 3.61. The molecule has 0 N–H and O–H groups in total. The van der Waals surface area contributed by atoms with Crippen LogP contribution in [0.1, 0.15) is 44.0 Å². The van der Waals surface area contributed by atoms with Crippen molar-refractivity contribution >= 4 is 55.0 Å². The monoisotopic (exact) mass is 610 g/mol. The third-order valence-electron chi connectivity index (χ3n) is 6.96. The van der Waals surface area contributed by atoms with Crippen LogP contribution in [0.4, 0.5) is 5.13 Å². The molecule has 3 aromatic rings. The standard InChI is InChI=1S/C28H38N4O5S2.ClH/c1-5-31(6-2)16-17-32(28-29-25-15-12-22(36-7-3)19-26(25)38-28)27(33)21-10-13-24(14-11-21)39(34,35)30(4)20-23-9-8-18-37-23;/h10-15,19,23H,5-9,16-18,20H2,1-4H3;1H. The van der Waals surface area contributed by atoms with Crippen molar-refractivity contribution in [2.75, 3.05) is 57.9 Å². The van der Waals surface area contributed by atoms with E-state index in [1.54, 1.807) is 24.1 Å². The lowest BCUT2D eigenvalue weighted by Gasteiger charge is -2.25. The smallest absolute Gasteiger partial charge is 0.260 e. The Kier molecular flexibility index (Phi) is 11.7. The zero-order valence-electron chi connectivity index (χ0n) is 23.5. The van der Waals surface area contributed by atoms with Crippen molar-refractivity contribution in [3.63, 3.8) is 0 Å². The van der Waals surface area contributed by atoms with Crippen molar-refractivity contribution in [3.05, 3.63) is 48.0 Å². The van der Waals surface area contributed by atoms with Crippen LogP contribution in [-0.2, 0) is 14.8 Å². The van der Waals surface area contributed by atoms with Gasteiger partial charge in [-0.2, -0.15) is 4.31 Å². The summed E-state index contributed by atoms with van der Waals surface area (Å²) in [6, 6.07) is 11.9. The number of thiazole rings is 1. The molecule has 1 amide bonds. The largest absolute Gasteiger partial charge is 0.494 e. The molecule has 4 rings (SSSR count). The van der Waals surface area contributed by atoms with E-state index < -0.39 is 10.0 Å². The molecule has 2 aromatic carbocycles. The molecule has 1 atom stereocenters. The van der Waals surface area contributed by atoms with Gasteiger partial charge < -0.3 is 14.4 Å². The number of halogens is 1. The molecule has 1 aliphatic heterocycles. The topological polar surface area (TPSA) is 92.3 Å². The van der Waals surface area contributed by atoms with Crippen LogP contribution in [0.5, 0.6) is 5.75 Å². The summed E-state index contributed by atoms with van der Waals surface area (Å²) in [5, 5.41) is 0.601. The van der Waals surface area contributed by atoms with E-state index in [2.05, 4.69) is 18.7 Å². The highest BCUT2D eigenvalue weighted by Gasteiger charge is 2.27. The predicted octanol–water partition coefficient (Wildman–Crippen LogP) is 4.90. The fraction of sp³-hybridized carbons (Fsp3) is 0.500. The third kappa shape index (κ3) is 7.51. The van der Waals surface area contributed by atoms with Gasteiger partial charge in [0.1, 0.15) is 5.75 Å². The molecule has 1 fully saturated rings. The van der Waals surface area contributed by atoms with Gasteiger partial charge >= 0.3 is 0 Å². The Hall–Kier alpha value is -2.28. The van der Waals surface area contributed by atoms with Gasteiger partial charge in [-0.05, 0) is 75.3 Å². The Labute approximate surface area is 247 Å². The maximum atomic E-state index is 13.8. The summed E-state index contributed by atoms with van der Waals surface area (Å²) in [5.74, 6) is 0.547. The molecule has 0 radical (unpaired) electrons. The molecule has 1 aliphatic rings. The van der Waals surface area contributed by atoms with Gasteiger partial charge in [0.25, 0.3) is 5.91 Å². The lowest BCUT2D eigenvalue weighted by Crippen LogP contribution is -2.39. The Balaban J connectivity index is 0.00000441. The summed E-state index contributed by atoms with van der Waals surface area (Å²) in [7, 11) is -2.13. The predicted molar refractivity (Wildman–Crippen MR) is 163 cm³/mol. The Morgan fingerprint density at radius 2 is 1.82 bits per heavy atom. The van der Waals surface area contributed by atoms with Crippen LogP contribution in [0, 0.1) is 0 Å². The number of carbonyl (C=O) groups excluding carboxylic acids is 1. The van der Waals surface area contributed by atoms with Crippen molar-refractivity contribution in [3.8, 4) is 5.75 Å². The molecule has 1 unspecified atom stereocenters. The van der Waals surface area contributed by atoms with E-state index in [1.165, 1.54) is 27.8 Å². The van der Waals surface area contributed by atoms with Crippen molar-refractivity contribution in [1.82, 2.24) is 14.2 Å². The summed E-state index contributed by atoms with van der Waals surface area (Å²) in [6.45, 7) is 10.6. The first kappa shape index (κ1) is 32.2. The lowest BCUT2D eigenvalue weighted by atomic mass is 10.2. The van der Waals surface area contributed by atoms with Crippen LogP contribution in [0.2, 0.25) is 0 Å². The number of benzene rings is 2. The fourth-order valence-electron chi connectivity index (χ4n) is 4.61. The number of carbonyl (C=O) groups is 1. The second kappa shape index (κ2) is 14.6. The van der Waals surface area contributed by atoms with Crippen LogP contribution in [0.15, 0.2) is 47.4 Å². The summed E-state index contributed by atoms with van der Waals surface area (Å²) in [4.78, 5) is 22.6. The van der Waals surface area contributed by atoms with Crippen molar-refractivity contribution < 1.29 is 22.7 Å². The van der Waals surface area contributed by atoms with Crippen molar-refractivity contribution in [2.24, 2.45) is 0 Å². The number of sulfonamides is 1. The van der Waals surface area contributed by atoms with Crippen molar-refractivity contribution in [1.29, 1.82) is 0 Å². The van der Waals surface area contributed by atoms with Gasteiger partial charge in [-0.1, -0.05) is 25.2 Å². The first-order chi connectivity index (χ1) is 18.8. The number of hydrogen-bond acceptors (Lipinski definition) is 8. The van der Waals surface area contributed by atoms with E-state index in [1.807, 2.05) is 25.1 Å². The number of rotatable bonds is 13. The molecule has 9 nitrogen and oxygen atoms in total. The number of fused-ring (bicyclic) bond motifs is 1. The Morgan fingerprint density at radius 1 is 1.10 bits per heavy atom. The lowest BCUT2D eigenvalue weighted by molar-refractivity contribution is 0.0978. The van der Waals surface area contributed by atoms with E-state index in [9.17, 15) is 13.2 Å². The first-order valence-corrected chi connectivity index (χ1v) is 15.8. The highest BCUT2D eigenvalue weighted by Crippen LogP contribution is 2.32. The molecular formula is C28H39ClN4O5S2. The third-order valence-corrected chi connectivity index (χ3v) is 9.84. The Morgan fingerprint density at radius 3 is 2.45 bits per heavy atom. The number of anilines is 1. The fourth-order valence-corrected chi connectivity index (χ4v) is 6.83. The van der Waals surface area contributed by atoms with Crippen molar-refractivity contribution in [2.45, 2.75) is 44.6 Å². The van der Waals surface area contributed by atoms with E-state index in [0.717, 1.165) is 41.9 Å². The molecule has 0 bridgehead atoms. The molecule has 12 heteroatoms. The number of aromatic nitrogens is 1. The van der Waals surface area contributed by atoms with E-state index in [-0.39, 0.29) is 29.3 Å². The first-order valence-electron chi connectivity index (χ1n) is 13.5. The number of amides is 1. The summed E-state index contributed by atoms with van der Waals surface area (Å²) < 4.78 is 39.7. The van der Waals surface area contributed by atoms with Gasteiger partial charge in [0.2, 0.25) is 10.0 Å². The molecule has 40 heavy (non-hydrogen) atoms. The second-order valence-electron chi connectivity index (χ2n) is 9.49. The molecule has 1 saturated heterocycles. The average molecular weight is 611 g/mol. The van der Waals surface area contributed by atoms with Crippen LogP contribution in [-0.4, -0.2) is 87.6 Å². The summed E-state index contributed by atoms with van der Waals surface area (Å²) in [5.41, 5.74) is 1.21. The molecule has 0 saturated carbocycles. The van der Waals surface area contributed by atoms with E-state index in [0.29, 0.717) is 43.5 Å². The van der Waals surface area contributed by atoms with Gasteiger partial charge in [-0.15, -0.1) is 12.4 Å². The number of hydrogen-bond donors (Lipinski definition) is 0. The molecule has 1 aromatic heterocycles. The molecule has 220 valence electrons. The molecule has 0 spiro atoms. The molecular weight excluding hydrogens is 572 g/mol. The molecule has 2 heterocycles. The second-order valence-corrected chi connectivity index (χ2v) is 12.5. The zero-order valence-corrected chi connectivity index (χ0v) is 26.0. The number of nitrogens with zero attached hydrogens (tertiary/aromatic N) is 4. The quantitative estimate of drug-likeness (QED) is 0.272. The van der Waals surface area contributed by atoms with E-state index >= 15 is 0 Å². The number of likely N-dealkylation sites (N-methyl/N-ethyl adjacent to an activating group) is 2. The van der Waals surface area contributed by atoms with E-state index in [4.69, 9.17) is 14.5 Å². The summed E-state index contributed by atoms with van der Waals surface area (Å²) >= 11 is 1.44. The van der Waals surface area contributed by atoms with Gasteiger partial charge in [-0.3, -0.25) is 9.69 Å². The van der Waals surface area contributed by atoms with Crippen LogP contribution < -0.4 is 9.64 Å². The van der Waals surface area contributed by atoms with Gasteiger partial charge in [0, 0.05) is 38.9 Å². The maximum absolute atomic E-state index is 13.8. The van der Waals surface area contributed by atoms with Gasteiger partial charge in [0.05, 0.1) is 27.8 Å². The summed E-state index contributed by atoms with van der Waals surface area (Å²) in [6.07, 6.45) is 1.72. The minimum absolute atomic E-state index is 0. The zero-order chi connectivity index (χ0) is 28.0.